The van der Waals surface area contributed by atoms with E-state index in [4.69, 9.17) is 9.47 Å². The van der Waals surface area contributed by atoms with Crippen LogP contribution in [0.2, 0.25) is 0 Å². The number of aryl methyl sites for hydroxylation is 1. The molecule has 0 saturated carbocycles. The molecule has 2 amide bonds. The second-order valence-corrected chi connectivity index (χ2v) is 6.20. The summed E-state index contributed by atoms with van der Waals surface area (Å²) in [5.41, 5.74) is 3.46. The highest BCUT2D eigenvalue weighted by Gasteiger charge is 2.26. The lowest BCUT2D eigenvalue weighted by Crippen LogP contribution is -2.45. The summed E-state index contributed by atoms with van der Waals surface area (Å²) >= 11 is 0. The molecule has 5 nitrogen and oxygen atoms in total. The van der Waals surface area contributed by atoms with Gasteiger partial charge in [0.1, 0.15) is 0 Å². The molecule has 22 heavy (non-hydrogen) atoms. The molecule has 1 fully saturated rings. The van der Waals surface area contributed by atoms with Gasteiger partial charge in [0, 0.05) is 18.8 Å². The zero-order chi connectivity index (χ0) is 15.5. The molecule has 3 rings (SSSR count). The smallest absolute Gasteiger partial charge is 0.322 e. The zero-order valence-corrected chi connectivity index (χ0v) is 13.3. The van der Waals surface area contributed by atoms with Gasteiger partial charge in [-0.3, -0.25) is 4.90 Å². The van der Waals surface area contributed by atoms with Crippen LogP contribution in [0.3, 0.4) is 0 Å². The molecule has 0 unspecified atom stereocenters. The molecule has 2 aliphatic heterocycles. The normalized spacial score (nSPS) is 21.7. The number of hydrogen-bond donors (Lipinski definition) is 1. The van der Waals surface area contributed by atoms with Gasteiger partial charge in [0.05, 0.1) is 25.4 Å². The van der Waals surface area contributed by atoms with E-state index in [2.05, 4.69) is 30.4 Å². The van der Waals surface area contributed by atoms with Crippen molar-refractivity contribution >= 4 is 11.7 Å². The molecule has 2 heterocycles. The first-order chi connectivity index (χ1) is 10.6. The van der Waals surface area contributed by atoms with Crippen LogP contribution in [-0.4, -0.2) is 44.5 Å². The van der Waals surface area contributed by atoms with Crippen LogP contribution >= 0.6 is 0 Å². The average molecular weight is 304 g/mol. The Labute approximate surface area is 131 Å². The van der Waals surface area contributed by atoms with E-state index in [1.807, 2.05) is 11.8 Å². The fraction of sp³-hybridized carbons (Fsp3) is 0.588. The number of ether oxygens (including phenoxy) is 2. The Morgan fingerprint density at radius 2 is 2.41 bits per heavy atom. The van der Waals surface area contributed by atoms with E-state index in [1.54, 1.807) is 0 Å². The summed E-state index contributed by atoms with van der Waals surface area (Å²) in [5, 5.41) is 3.03. The summed E-state index contributed by atoms with van der Waals surface area (Å²) in [7, 11) is 0. The Hall–Kier alpha value is -1.59. The first-order valence-corrected chi connectivity index (χ1v) is 8.00. The molecule has 0 spiro atoms. The fourth-order valence-electron chi connectivity index (χ4n) is 2.96. The van der Waals surface area contributed by atoms with Crippen molar-refractivity contribution in [3.05, 3.63) is 29.3 Å². The van der Waals surface area contributed by atoms with Gasteiger partial charge in [-0.2, -0.15) is 0 Å². The molecule has 120 valence electrons. The maximum atomic E-state index is 12.5. The summed E-state index contributed by atoms with van der Waals surface area (Å²) < 4.78 is 11.0. The monoisotopic (exact) mass is 304 g/mol. The molecule has 0 radical (unpaired) electrons. The van der Waals surface area contributed by atoms with Gasteiger partial charge in [-0.05, 0) is 43.9 Å². The molecule has 1 aromatic rings. The van der Waals surface area contributed by atoms with Gasteiger partial charge >= 0.3 is 6.03 Å². The van der Waals surface area contributed by atoms with Crippen LogP contribution in [0, 0.1) is 6.92 Å². The number of nitrogens with one attached hydrogen (secondary N) is 1. The molecule has 1 N–H and O–H groups in total. The Balaban J connectivity index is 1.53. The van der Waals surface area contributed by atoms with Crippen molar-refractivity contribution in [3.63, 3.8) is 0 Å². The Morgan fingerprint density at radius 1 is 1.55 bits per heavy atom. The second kappa shape index (κ2) is 6.67. The van der Waals surface area contributed by atoms with E-state index in [-0.39, 0.29) is 18.2 Å². The van der Waals surface area contributed by atoms with Gasteiger partial charge in [0.2, 0.25) is 0 Å². The quantitative estimate of drug-likeness (QED) is 0.928. The Morgan fingerprint density at radius 3 is 3.18 bits per heavy atom. The summed E-state index contributed by atoms with van der Waals surface area (Å²) in [6.45, 7) is 6.73. The second-order valence-electron chi connectivity index (χ2n) is 6.20. The number of rotatable bonds is 4. The van der Waals surface area contributed by atoms with Gasteiger partial charge < -0.3 is 14.8 Å². The van der Waals surface area contributed by atoms with E-state index in [0.29, 0.717) is 13.2 Å². The number of nitrogens with zero attached hydrogens (tertiary/aromatic N) is 1. The first kappa shape index (κ1) is 15.3. The predicted molar refractivity (Wildman–Crippen MR) is 85.4 cm³/mol. The predicted octanol–water partition coefficient (Wildman–Crippen LogP) is 2.26. The molecule has 0 aliphatic carbocycles. The Bertz CT molecular complexity index is 541. The first-order valence-electron chi connectivity index (χ1n) is 8.00. The molecular weight excluding hydrogens is 280 g/mol. The third kappa shape index (κ3) is 3.42. The number of fused-ring (bicyclic) bond motifs is 1. The van der Waals surface area contributed by atoms with Crippen molar-refractivity contribution in [2.75, 3.05) is 31.3 Å². The van der Waals surface area contributed by atoms with Gasteiger partial charge in [-0.15, -0.1) is 0 Å². The fourth-order valence-corrected chi connectivity index (χ4v) is 2.96. The minimum absolute atomic E-state index is 0.0121. The van der Waals surface area contributed by atoms with E-state index in [0.717, 1.165) is 31.7 Å². The number of carbonyl (C=O) groups excluding carboxylic acids is 1. The maximum absolute atomic E-state index is 12.5. The molecular formula is C17H24N2O3. The minimum atomic E-state index is -0.0388. The average Bonchev–Trinajstić information content (AvgIpc) is 3.14. The van der Waals surface area contributed by atoms with Crippen LogP contribution in [0.25, 0.3) is 0 Å². The SMILES string of the molecule is Cc1ccc2c(c1)N(C(=O)N[C@H](C)CO[C@H]1CCOC1)CC2. The molecule has 5 heteroatoms. The summed E-state index contributed by atoms with van der Waals surface area (Å²) in [6.07, 6.45) is 2.04. The van der Waals surface area contributed by atoms with Crippen LogP contribution in [-0.2, 0) is 15.9 Å². The van der Waals surface area contributed by atoms with Crippen molar-refractivity contribution in [1.29, 1.82) is 0 Å². The van der Waals surface area contributed by atoms with Crippen molar-refractivity contribution < 1.29 is 14.3 Å². The largest absolute Gasteiger partial charge is 0.379 e. The lowest BCUT2D eigenvalue weighted by Gasteiger charge is -2.22. The Kier molecular flexibility index (Phi) is 4.64. The number of benzene rings is 1. The van der Waals surface area contributed by atoms with Gasteiger partial charge in [-0.1, -0.05) is 12.1 Å². The number of urea groups is 1. The number of hydrogen-bond acceptors (Lipinski definition) is 3. The summed E-state index contributed by atoms with van der Waals surface area (Å²) in [6, 6.07) is 6.24. The molecule has 0 bridgehead atoms. The lowest BCUT2D eigenvalue weighted by molar-refractivity contribution is 0.0339. The van der Waals surface area contributed by atoms with E-state index < -0.39 is 0 Å². The van der Waals surface area contributed by atoms with Gasteiger partial charge in [0.15, 0.2) is 0 Å². The third-order valence-corrected chi connectivity index (χ3v) is 4.22. The van der Waals surface area contributed by atoms with Crippen molar-refractivity contribution in [2.45, 2.75) is 38.8 Å². The van der Waals surface area contributed by atoms with E-state index in [1.165, 1.54) is 11.1 Å². The number of amides is 2. The van der Waals surface area contributed by atoms with Gasteiger partial charge in [0.25, 0.3) is 0 Å². The highest BCUT2D eigenvalue weighted by molar-refractivity contribution is 5.94. The topological polar surface area (TPSA) is 50.8 Å². The van der Waals surface area contributed by atoms with Crippen molar-refractivity contribution in [2.24, 2.45) is 0 Å². The highest BCUT2D eigenvalue weighted by atomic mass is 16.5. The maximum Gasteiger partial charge on any atom is 0.322 e. The van der Waals surface area contributed by atoms with Crippen molar-refractivity contribution in [1.82, 2.24) is 5.32 Å². The molecule has 2 aliphatic rings. The molecule has 2 atom stereocenters. The van der Waals surface area contributed by atoms with Crippen molar-refractivity contribution in [3.8, 4) is 0 Å². The van der Waals surface area contributed by atoms with Crippen LogP contribution in [0.5, 0.6) is 0 Å². The van der Waals surface area contributed by atoms with Crippen LogP contribution in [0.4, 0.5) is 10.5 Å². The summed E-state index contributed by atoms with van der Waals surface area (Å²) in [4.78, 5) is 14.3. The number of carbonyl (C=O) groups is 1. The number of anilines is 1. The van der Waals surface area contributed by atoms with Crippen LogP contribution in [0.15, 0.2) is 18.2 Å². The standard InChI is InChI=1S/C17H24N2O3/c1-12-3-4-14-5-7-19(16(14)9-12)17(20)18-13(2)10-22-15-6-8-21-11-15/h3-4,9,13,15H,5-8,10-11H2,1-2H3,(H,18,20)/t13-,15+/m1/s1. The van der Waals surface area contributed by atoms with E-state index in [9.17, 15) is 4.79 Å². The molecule has 1 aromatic carbocycles. The van der Waals surface area contributed by atoms with Gasteiger partial charge in [-0.25, -0.2) is 4.79 Å². The van der Waals surface area contributed by atoms with E-state index >= 15 is 0 Å². The highest BCUT2D eigenvalue weighted by Crippen LogP contribution is 2.28. The van der Waals surface area contributed by atoms with Crippen LogP contribution < -0.4 is 10.2 Å². The third-order valence-electron chi connectivity index (χ3n) is 4.22. The van der Waals surface area contributed by atoms with Crippen LogP contribution in [0.1, 0.15) is 24.5 Å². The minimum Gasteiger partial charge on any atom is -0.379 e. The summed E-state index contributed by atoms with van der Waals surface area (Å²) in [5.74, 6) is 0. The molecule has 1 saturated heterocycles. The molecule has 0 aromatic heterocycles. The lowest BCUT2D eigenvalue weighted by atomic mass is 10.1. The zero-order valence-electron chi connectivity index (χ0n) is 13.3.